The summed E-state index contributed by atoms with van der Waals surface area (Å²) < 4.78 is 80.0. The molecule has 1 rings (SSSR count). The van der Waals surface area contributed by atoms with E-state index in [9.17, 15) is 26.7 Å². The number of esters is 1. The van der Waals surface area contributed by atoms with Crippen molar-refractivity contribution in [2.75, 3.05) is 33.0 Å². The average Bonchev–Trinajstić information content (AvgIpc) is 2.60. The van der Waals surface area contributed by atoms with Crippen molar-refractivity contribution >= 4 is 5.97 Å². The van der Waals surface area contributed by atoms with Crippen LogP contribution in [0.2, 0.25) is 0 Å². The Morgan fingerprint density at radius 3 is 1.88 bits per heavy atom. The number of hydrogen-bond acceptors (Lipinski definition) is 5. The number of ether oxygens (including phenoxy) is 3. The van der Waals surface area contributed by atoms with Gasteiger partial charge in [-0.15, -0.1) is 0 Å². The molecule has 0 heterocycles. The van der Waals surface area contributed by atoms with Crippen LogP contribution in [-0.4, -0.2) is 45.0 Å². The van der Waals surface area contributed by atoms with Crippen molar-refractivity contribution in [3.63, 3.8) is 0 Å². The summed E-state index contributed by atoms with van der Waals surface area (Å²) in [6, 6.07) is 0.346. The molecule has 1 N–H and O–H groups in total. The standard InChI is InChI=1S/C16H20F5NO4/c1-9(2)22-4-6-25-8-7-24-5-3-10(23)26-16-14(20)12(18)11(17)13(19)15(16)21/h9,22H,3-8H2,1-2H3. The van der Waals surface area contributed by atoms with Crippen molar-refractivity contribution in [2.24, 2.45) is 0 Å². The monoisotopic (exact) mass is 385 g/mol. The maximum atomic E-state index is 13.4. The van der Waals surface area contributed by atoms with Gasteiger partial charge in [-0.05, 0) is 0 Å². The molecule has 148 valence electrons. The molecule has 0 fully saturated rings. The molecule has 0 saturated carbocycles. The lowest BCUT2D eigenvalue weighted by Crippen LogP contribution is -2.27. The molecule has 0 amide bonds. The quantitative estimate of drug-likeness (QED) is 0.159. The zero-order valence-electron chi connectivity index (χ0n) is 14.3. The van der Waals surface area contributed by atoms with Crippen LogP contribution in [0.1, 0.15) is 20.3 Å². The molecule has 1 aromatic carbocycles. The van der Waals surface area contributed by atoms with Crippen LogP contribution in [0, 0.1) is 29.1 Å². The first-order valence-electron chi connectivity index (χ1n) is 7.86. The molecule has 0 aliphatic carbocycles. The molecule has 0 aliphatic rings. The summed E-state index contributed by atoms with van der Waals surface area (Å²) in [5.41, 5.74) is 0. The van der Waals surface area contributed by atoms with Gasteiger partial charge in [0.15, 0.2) is 0 Å². The Balaban J connectivity index is 2.30. The fourth-order valence-electron chi connectivity index (χ4n) is 1.74. The fourth-order valence-corrected chi connectivity index (χ4v) is 1.74. The molecular formula is C16H20F5NO4. The first-order chi connectivity index (χ1) is 12.3. The van der Waals surface area contributed by atoms with Gasteiger partial charge in [0.05, 0.1) is 32.8 Å². The highest BCUT2D eigenvalue weighted by Gasteiger charge is 2.28. The van der Waals surface area contributed by atoms with E-state index in [1.807, 2.05) is 13.8 Å². The number of nitrogens with one attached hydrogen (secondary N) is 1. The van der Waals surface area contributed by atoms with Crippen molar-refractivity contribution < 1.29 is 41.0 Å². The molecule has 0 unspecified atom stereocenters. The van der Waals surface area contributed by atoms with E-state index < -0.39 is 47.2 Å². The molecule has 0 atom stereocenters. The number of hydrogen-bond donors (Lipinski definition) is 1. The molecule has 10 heteroatoms. The molecule has 0 saturated heterocycles. The third-order valence-electron chi connectivity index (χ3n) is 3.01. The smallest absolute Gasteiger partial charge is 0.313 e. The molecule has 1 aromatic rings. The van der Waals surface area contributed by atoms with Crippen LogP contribution in [0.5, 0.6) is 5.75 Å². The van der Waals surface area contributed by atoms with Crippen molar-refractivity contribution in [3.8, 4) is 5.75 Å². The van der Waals surface area contributed by atoms with E-state index in [2.05, 4.69) is 10.1 Å². The number of carbonyl (C=O) groups is 1. The minimum atomic E-state index is -2.33. The predicted octanol–water partition coefficient (Wildman–Crippen LogP) is 2.71. The van der Waals surface area contributed by atoms with E-state index in [0.29, 0.717) is 19.2 Å². The fraction of sp³-hybridized carbons (Fsp3) is 0.562. The Hall–Kier alpha value is -1.78. The van der Waals surface area contributed by atoms with Crippen molar-refractivity contribution in [1.82, 2.24) is 5.32 Å². The molecule has 26 heavy (non-hydrogen) atoms. The molecular weight excluding hydrogens is 365 g/mol. The number of carbonyl (C=O) groups excluding carboxylic acids is 1. The summed E-state index contributed by atoms with van der Waals surface area (Å²) in [7, 11) is 0. The second-order valence-electron chi connectivity index (χ2n) is 5.46. The normalized spacial score (nSPS) is 11.2. The SMILES string of the molecule is CC(C)NCCOCCOCCC(=O)Oc1c(F)c(F)c(F)c(F)c1F. The zero-order valence-corrected chi connectivity index (χ0v) is 14.3. The topological polar surface area (TPSA) is 56.8 Å². The van der Waals surface area contributed by atoms with E-state index in [1.165, 1.54) is 0 Å². The van der Waals surface area contributed by atoms with Gasteiger partial charge < -0.3 is 19.5 Å². The van der Waals surface area contributed by atoms with Crippen LogP contribution in [0.25, 0.3) is 0 Å². The second kappa shape index (κ2) is 11.0. The Bertz CT molecular complexity index is 584. The Morgan fingerprint density at radius 1 is 0.846 bits per heavy atom. The van der Waals surface area contributed by atoms with Gasteiger partial charge in [0.25, 0.3) is 0 Å². The van der Waals surface area contributed by atoms with Gasteiger partial charge in [0.2, 0.25) is 34.8 Å². The number of halogens is 5. The van der Waals surface area contributed by atoms with Crippen LogP contribution in [0.4, 0.5) is 22.0 Å². The first kappa shape index (κ1) is 22.3. The van der Waals surface area contributed by atoms with Crippen LogP contribution >= 0.6 is 0 Å². The average molecular weight is 385 g/mol. The third kappa shape index (κ3) is 6.85. The van der Waals surface area contributed by atoms with Crippen LogP contribution in [0.15, 0.2) is 0 Å². The van der Waals surface area contributed by atoms with Gasteiger partial charge in [0, 0.05) is 12.6 Å². The summed E-state index contributed by atoms with van der Waals surface area (Å²) in [6.45, 7) is 5.41. The molecule has 0 radical (unpaired) electrons. The largest absolute Gasteiger partial charge is 0.420 e. The first-order valence-corrected chi connectivity index (χ1v) is 7.86. The lowest BCUT2D eigenvalue weighted by atomic mass is 10.2. The number of rotatable bonds is 11. The van der Waals surface area contributed by atoms with Gasteiger partial charge in [-0.3, -0.25) is 4.79 Å². The van der Waals surface area contributed by atoms with E-state index in [4.69, 9.17) is 9.47 Å². The van der Waals surface area contributed by atoms with Crippen molar-refractivity contribution in [1.29, 1.82) is 0 Å². The number of benzene rings is 1. The van der Waals surface area contributed by atoms with Crippen molar-refractivity contribution in [2.45, 2.75) is 26.3 Å². The highest BCUT2D eigenvalue weighted by molar-refractivity contribution is 5.72. The summed E-state index contributed by atoms with van der Waals surface area (Å²) in [5, 5.41) is 3.14. The van der Waals surface area contributed by atoms with Crippen LogP contribution in [0.3, 0.4) is 0 Å². The Morgan fingerprint density at radius 2 is 1.35 bits per heavy atom. The maximum Gasteiger partial charge on any atom is 0.313 e. The summed E-state index contributed by atoms with van der Waals surface area (Å²) in [4.78, 5) is 11.4. The maximum absolute atomic E-state index is 13.4. The minimum Gasteiger partial charge on any atom is -0.420 e. The van der Waals surface area contributed by atoms with E-state index in [0.717, 1.165) is 0 Å². The van der Waals surface area contributed by atoms with Gasteiger partial charge in [0.1, 0.15) is 0 Å². The lowest BCUT2D eigenvalue weighted by Gasteiger charge is -2.10. The van der Waals surface area contributed by atoms with Gasteiger partial charge >= 0.3 is 5.97 Å². The molecule has 0 aromatic heterocycles. The Kier molecular flexibility index (Phi) is 9.46. The predicted molar refractivity (Wildman–Crippen MR) is 81.3 cm³/mol. The van der Waals surface area contributed by atoms with E-state index in [-0.39, 0.29) is 19.8 Å². The second-order valence-corrected chi connectivity index (χ2v) is 5.46. The molecule has 0 spiro atoms. The third-order valence-corrected chi connectivity index (χ3v) is 3.01. The van der Waals surface area contributed by atoms with Crippen LogP contribution in [-0.2, 0) is 14.3 Å². The van der Waals surface area contributed by atoms with E-state index in [1.54, 1.807) is 0 Å². The Labute approximate surface area is 147 Å². The van der Waals surface area contributed by atoms with Crippen LogP contribution < -0.4 is 10.1 Å². The van der Waals surface area contributed by atoms with E-state index >= 15 is 0 Å². The minimum absolute atomic E-state index is 0.164. The highest BCUT2D eigenvalue weighted by atomic mass is 19.2. The van der Waals surface area contributed by atoms with Gasteiger partial charge in [-0.2, -0.15) is 8.78 Å². The van der Waals surface area contributed by atoms with Gasteiger partial charge in [-0.25, -0.2) is 13.2 Å². The highest BCUT2D eigenvalue weighted by Crippen LogP contribution is 2.29. The van der Waals surface area contributed by atoms with Crippen molar-refractivity contribution in [3.05, 3.63) is 29.1 Å². The summed E-state index contributed by atoms with van der Waals surface area (Å²) in [5.74, 6) is -14.0. The summed E-state index contributed by atoms with van der Waals surface area (Å²) in [6.07, 6.45) is -0.436. The lowest BCUT2D eigenvalue weighted by molar-refractivity contribution is -0.136. The van der Waals surface area contributed by atoms with Gasteiger partial charge in [-0.1, -0.05) is 13.8 Å². The zero-order chi connectivity index (χ0) is 19.7. The molecule has 0 bridgehead atoms. The summed E-state index contributed by atoms with van der Waals surface area (Å²) >= 11 is 0. The molecule has 0 aliphatic heterocycles. The molecule has 5 nitrogen and oxygen atoms in total.